The molecule has 5 heteroatoms. The number of ether oxygens (including phenoxy) is 1. The summed E-state index contributed by atoms with van der Waals surface area (Å²) in [5.74, 6) is 1.43. The zero-order valence-corrected chi connectivity index (χ0v) is 14.1. The molecule has 0 spiro atoms. The molecule has 1 N–H and O–H groups in total. The molecule has 0 saturated carbocycles. The lowest BCUT2D eigenvalue weighted by Crippen LogP contribution is -2.05. The van der Waals surface area contributed by atoms with Crippen LogP contribution in [0.5, 0.6) is 5.75 Å². The van der Waals surface area contributed by atoms with Crippen LogP contribution in [0.3, 0.4) is 0 Å². The Labute approximate surface area is 146 Å². The van der Waals surface area contributed by atoms with E-state index in [1.165, 1.54) is 0 Å². The van der Waals surface area contributed by atoms with Crippen molar-refractivity contribution in [1.29, 1.82) is 0 Å². The average molecular weight is 340 g/mol. The van der Waals surface area contributed by atoms with Crippen LogP contribution < -0.4 is 10.1 Å². The third-order valence-electron chi connectivity index (χ3n) is 3.57. The second-order valence-corrected chi connectivity index (χ2v) is 5.84. The highest BCUT2D eigenvalue weighted by atomic mass is 35.5. The molecule has 0 radical (unpaired) electrons. The van der Waals surface area contributed by atoms with Crippen LogP contribution in [0.25, 0.3) is 0 Å². The van der Waals surface area contributed by atoms with Crippen molar-refractivity contribution in [3.8, 4) is 5.75 Å². The summed E-state index contributed by atoms with van der Waals surface area (Å²) in [4.78, 5) is 8.46. The number of halogens is 1. The van der Waals surface area contributed by atoms with Gasteiger partial charge < -0.3 is 10.1 Å². The van der Waals surface area contributed by atoms with Crippen LogP contribution in [0.1, 0.15) is 16.7 Å². The SMILES string of the molecule is Cc1cc(CNc2ncccc2OCc2cccnc2)ccc1Cl. The van der Waals surface area contributed by atoms with Gasteiger partial charge in [0.1, 0.15) is 6.61 Å². The van der Waals surface area contributed by atoms with Gasteiger partial charge >= 0.3 is 0 Å². The fourth-order valence-electron chi connectivity index (χ4n) is 2.29. The molecule has 0 atom stereocenters. The Kier molecular flexibility index (Phi) is 5.29. The first kappa shape index (κ1) is 16.3. The van der Waals surface area contributed by atoms with Gasteiger partial charge in [-0.25, -0.2) is 4.98 Å². The van der Waals surface area contributed by atoms with E-state index in [1.54, 1.807) is 18.6 Å². The summed E-state index contributed by atoms with van der Waals surface area (Å²) in [6, 6.07) is 13.6. The quantitative estimate of drug-likeness (QED) is 0.711. The first-order valence-electron chi connectivity index (χ1n) is 7.68. The molecule has 0 unspecified atom stereocenters. The van der Waals surface area contributed by atoms with Crippen molar-refractivity contribution in [2.24, 2.45) is 0 Å². The maximum absolute atomic E-state index is 6.06. The summed E-state index contributed by atoms with van der Waals surface area (Å²) < 4.78 is 5.87. The number of nitrogens with one attached hydrogen (secondary N) is 1. The van der Waals surface area contributed by atoms with Gasteiger partial charge in [-0.05, 0) is 42.3 Å². The number of benzene rings is 1. The van der Waals surface area contributed by atoms with E-state index in [-0.39, 0.29) is 0 Å². The van der Waals surface area contributed by atoms with Gasteiger partial charge in [0.15, 0.2) is 11.6 Å². The Hall–Kier alpha value is -2.59. The predicted molar refractivity (Wildman–Crippen MR) is 96.3 cm³/mol. The van der Waals surface area contributed by atoms with Gasteiger partial charge in [0.2, 0.25) is 0 Å². The van der Waals surface area contributed by atoms with Crippen molar-refractivity contribution in [3.63, 3.8) is 0 Å². The van der Waals surface area contributed by atoms with Crippen molar-refractivity contribution >= 4 is 17.4 Å². The molecular weight excluding hydrogens is 322 g/mol. The molecule has 1 aromatic carbocycles. The highest BCUT2D eigenvalue weighted by molar-refractivity contribution is 6.31. The normalized spacial score (nSPS) is 10.4. The molecule has 24 heavy (non-hydrogen) atoms. The molecular formula is C19H18ClN3O. The first-order valence-corrected chi connectivity index (χ1v) is 8.06. The Morgan fingerprint density at radius 1 is 1.08 bits per heavy atom. The van der Waals surface area contributed by atoms with Crippen molar-refractivity contribution in [3.05, 3.63) is 82.8 Å². The average Bonchev–Trinajstić information content (AvgIpc) is 2.62. The van der Waals surface area contributed by atoms with E-state index < -0.39 is 0 Å². The summed E-state index contributed by atoms with van der Waals surface area (Å²) in [5.41, 5.74) is 3.21. The summed E-state index contributed by atoms with van der Waals surface area (Å²) in [6.45, 7) is 3.10. The number of hydrogen-bond acceptors (Lipinski definition) is 4. The molecule has 0 saturated heterocycles. The minimum atomic E-state index is 0.453. The lowest BCUT2D eigenvalue weighted by Gasteiger charge is -2.12. The predicted octanol–water partition coefficient (Wildman–Crippen LogP) is 4.63. The molecule has 2 aromatic heterocycles. The van der Waals surface area contributed by atoms with Crippen LogP contribution in [0.4, 0.5) is 5.82 Å². The van der Waals surface area contributed by atoms with Gasteiger partial charge in [0.05, 0.1) is 0 Å². The van der Waals surface area contributed by atoms with Crippen LogP contribution in [-0.4, -0.2) is 9.97 Å². The van der Waals surface area contributed by atoms with Crippen molar-refractivity contribution in [2.75, 3.05) is 5.32 Å². The third kappa shape index (κ3) is 4.24. The van der Waals surface area contributed by atoms with Crippen molar-refractivity contribution in [2.45, 2.75) is 20.1 Å². The van der Waals surface area contributed by atoms with Gasteiger partial charge in [-0.3, -0.25) is 4.98 Å². The number of anilines is 1. The first-order chi connectivity index (χ1) is 11.7. The summed E-state index contributed by atoms with van der Waals surface area (Å²) in [6.07, 6.45) is 5.28. The smallest absolute Gasteiger partial charge is 0.169 e. The molecule has 2 heterocycles. The van der Waals surface area contributed by atoms with Gasteiger partial charge in [0.25, 0.3) is 0 Å². The molecule has 0 bridgehead atoms. The maximum atomic E-state index is 6.06. The van der Waals surface area contributed by atoms with Crippen LogP contribution in [0, 0.1) is 6.92 Å². The van der Waals surface area contributed by atoms with Crippen LogP contribution in [0.2, 0.25) is 5.02 Å². The Morgan fingerprint density at radius 3 is 2.75 bits per heavy atom. The lowest BCUT2D eigenvalue weighted by atomic mass is 10.1. The van der Waals surface area contributed by atoms with Gasteiger partial charge in [-0.15, -0.1) is 0 Å². The molecule has 0 amide bonds. The molecule has 3 rings (SSSR count). The fraction of sp³-hybridized carbons (Fsp3) is 0.158. The highest BCUT2D eigenvalue weighted by Crippen LogP contribution is 2.23. The van der Waals surface area contributed by atoms with E-state index in [0.29, 0.717) is 24.7 Å². The number of hydrogen-bond donors (Lipinski definition) is 1. The molecule has 0 aliphatic carbocycles. The minimum Gasteiger partial charge on any atom is -0.485 e. The van der Waals surface area contributed by atoms with Crippen LogP contribution >= 0.6 is 11.6 Å². The number of aryl methyl sites for hydroxylation is 1. The van der Waals surface area contributed by atoms with E-state index in [0.717, 1.165) is 21.7 Å². The van der Waals surface area contributed by atoms with Gasteiger partial charge in [0, 0.05) is 35.7 Å². The Balaban J connectivity index is 1.66. The van der Waals surface area contributed by atoms with Gasteiger partial charge in [-0.1, -0.05) is 29.8 Å². The zero-order valence-electron chi connectivity index (χ0n) is 13.4. The van der Waals surface area contributed by atoms with E-state index in [1.807, 2.05) is 43.3 Å². The number of nitrogens with zero attached hydrogens (tertiary/aromatic N) is 2. The van der Waals surface area contributed by atoms with Gasteiger partial charge in [-0.2, -0.15) is 0 Å². The zero-order chi connectivity index (χ0) is 16.8. The van der Waals surface area contributed by atoms with Crippen molar-refractivity contribution < 1.29 is 4.74 Å². The molecule has 0 aliphatic heterocycles. The summed E-state index contributed by atoms with van der Waals surface area (Å²) >= 11 is 6.06. The largest absolute Gasteiger partial charge is 0.485 e. The van der Waals surface area contributed by atoms with Crippen molar-refractivity contribution in [1.82, 2.24) is 9.97 Å². The molecule has 122 valence electrons. The molecule has 0 fully saturated rings. The molecule has 3 aromatic rings. The van der Waals surface area contributed by atoms with Crippen LogP contribution in [0.15, 0.2) is 61.1 Å². The van der Waals surface area contributed by atoms with E-state index in [4.69, 9.17) is 16.3 Å². The van der Waals surface area contributed by atoms with E-state index in [2.05, 4.69) is 21.4 Å². The minimum absolute atomic E-state index is 0.453. The highest BCUT2D eigenvalue weighted by Gasteiger charge is 2.06. The lowest BCUT2D eigenvalue weighted by molar-refractivity contribution is 0.306. The third-order valence-corrected chi connectivity index (χ3v) is 3.99. The Morgan fingerprint density at radius 2 is 1.96 bits per heavy atom. The monoisotopic (exact) mass is 339 g/mol. The standard InChI is InChI=1S/C19H18ClN3O/c1-14-10-15(6-7-17(14)20)12-23-19-18(5-3-9-22-19)24-13-16-4-2-8-21-11-16/h2-11H,12-13H2,1H3,(H,22,23). The number of pyridine rings is 2. The van der Waals surface area contributed by atoms with E-state index in [9.17, 15) is 0 Å². The Bertz CT molecular complexity index is 809. The van der Waals surface area contributed by atoms with Crippen LogP contribution in [-0.2, 0) is 13.2 Å². The molecule has 0 aliphatic rings. The molecule has 4 nitrogen and oxygen atoms in total. The number of aromatic nitrogens is 2. The fourth-order valence-corrected chi connectivity index (χ4v) is 2.40. The van der Waals surface area contributed by atoms with E-state index >= 15 is 0 Å². The topological polar surface area (TPSA) is 47.0 Å². The second kappa shape index (κ2) is 7.79. The second-order valence-electron chi connectivity index (χ2n) is 5.44. The number of rotatable bonds is 6. The summed E-state index contributed by atoms with van der Waals surface area (Å²) in [5, 5.41) is 4.09. The summed E-state index contributed by atoms with van der Waals surface area (Å²) in [7, 11) is 0. The maximum Gasteiger partial charge on any atom is 0.169 e.